The normalized spacial score (nSPS) is 11.1. The van der Waals surface area contributed by atoms with Gasteiger partial charge < -0.3 is 10.1 Å². The Bertz CT molecular complexity index is 1560. The van der Waals surface area contributed by atoms with Crippen LogP contribution in [0.4, 0.5) is 5.82 Å². The fourth-order valence-electron chi connectivity index (χ4n) is 4.06. The minimum Gasteiger partial charge on any atom is -0.497 e. The van der Waals surface area contributed by atoms with Gasteiger partial charge in [-0.25, -0.2) is 9.67 Å². The number of halogens is 2. The van der Waals surface area contributed by atoms with Crippen LogP contribution >= 0.6 is 23.2 Å². The smallest absolute Gasteiger partial charge is 0.247 e. The molecule has 0 spiro atoms. The van der Waals surface area contributed by atoms with Crippen LogP contribution in [0.15, 0.2) is 67.0 Å². The van der Waals surface area contributed by atoms with Crippen LogP contribution in [0.2, 0.25) is 10.0 Å². The number of pyridine rings is 1. The summed E-state index contributed by atoms with van der Waals surface area (Å²) in [6.45, 7) is 2.41. The number of carbonyl (C=O) groups excluding carboxylic acids is 1. The van der Waals surface area contributed by atoms with E-state index in [2.05, 4.69) is 20.5 Å². The van der Waals surface area contributed by atoms with Crippen molar-refractivity contribution in [2.75, 3.05) is 12.4 Å². The Morgan fingerprint density at radius 1 is 1.03 bits per heavy atom. The predicted molar refractivity (Wildman–Crippen MR) is 141 cm³/mol. The number of ether oxygens (including phenoxy) is 1. The number of benzene rings is 2. The highest BCUT2D eigenvalue weighted by atomic mass is 35.5. The Balaban J connectivity index is 1.32. The zero-order valence-corrected chi connectivity index (χ0v) is 21.1. The number of anilines is 1. The van der Waals surface area contributed by atoms with Crippen LogP contribution in [0, 0.1) is 6.92 Å². The third-order valence-corrected chi connectivity index (χ3v) is 6.48. The quantitative estimate of drug-likeness (QED) is 0.301. The summed E-state index contributed by atoms with van der Waals surface area (Å²) in [5.41, 5.74) is 4.39. The molecule has 0 radical (unpaired) electrons. The Kier molecular flexibility index (Phi) is 6.63. The summed E-state index contributed by atoms with van der Waals surface area (Å²) in [7, 11) is 1.64. The van der Waals surface area contributed by atoms with Crippen LogP contribution in [0.1, 0.15) is 11.3 Å². The lowest BCUT2D eigenvalue weighted by atomic mass is 10.0. The van der Waals surface area contributed by atoms with Gasteiger partial charge in [0.1, 0.15) is 12.3 Å². The fraction of sp³-hybridized carbons (Fsp3) is 0.154. The predicted octanol–water partition coefficient (Wildman–Crippen LogP) is 5.61. The van der Waals surface area contributed by atoms with Crippen LogP contribution in [0.3, 0.4) is 0 Å². The lowest BCUT2D eigenvalue weighted by Crippen LogP contribution is -2.20. The van der Waals surface area contributed by atoms with E-state index in [-0.39, 0.29) is 12.5 Å². The standard InChI is InChI=1S/C26H22Cl2N6O2/c1-16-25-20(18-4-6-19(36-2)7-5-18)9-11-29-26(25)34(31-16)15-24(35)30-23-10-12-33(32-23)14-17-3-8-21(27)22(28)13-17/h3-13H,14-15H2,1-2H3,(H,30,32,35). The van der Waals surface area contributed by atoms with E-state index in [0.717, 1.165) is 33.5 Å². The Hall–Kier alpha value is -3.88. The largest absolute Gasteiger partial charge is 0.497 e. The van der Waals surface area contributed by atoms with E-state index in [0.29, 0.717) is 28.1 Å². The summed E-state index contributed by atoms with van der Waals surface area (Å²) in [5.74, 6) is 0.975. The SMILES string of the molecule is COc1ccc(-c2ccnc3c2c(C)nn3CC(=O)Nc2ccn(Cc3ccc(Cl)c(Cl)c3)n2)cc1. The summed E-state index contributed by atoms with van der Waals surface area (Å²) in [6.07, 6.45) is 3.51. The zero-order chi connectivity index (χ0) is 25.2. The third kappa shape index (κ3) is 4.91. The highest BCUT2D eigenvalue weighted by Gasteiger charge is 2.16. The molecular weight excluding hydrogens is 499 g/mol. The fourth-order valence-corrected chi connectivity index (χ4v) is 4.38. The van der Waals surface area contributed by atoms with Crippen molar-refractivity contribution < 1.29 is 9.53 Å². The molecular formula is C26H22Cl2N6O2. The molecule has 0 atom stereocenters. The molecule has 3 aromatic heterocycles. The molecule has 2 aromatic carbocycles. The molecule has 10 heteroatoms. The molecule has 36 heavy (non-hydrogen) atoms. The highest BCUT2D eigenvalue weighted by Crippen LogP contribution is 2.31. The molecule has 5 rings (SSSR count). The van der Waals surface area contributed by atoms with Gasteiger partial charge in [0.05, 0.1) is 29.4 Å². The number of methoxy groups -OCH3 is 1. The van der Waals surface area contributed by atoms with Gasteiger partial charge >= 0.3 is 0 Å². The second kappa shape index (κ2) is 10.0. The van der Waals surface area contributed by atoms with Gasteiger partial charge in [-0.2, -0.15) is 10.2 Å². The molecule has 3 heterocycles. The van der Waals surface area contributed by atoms with Crippen LogP contribution in [-0.4, -0.2) is 37.6 Å². The Labute approximate surface area is 217 Å². The lowest BCUT2D eigenvalue weighted by Gasteiger charge is -2.07. The molecule has 0 saturated carbocycles. The van der Waals surface area contributed by atoms with Gasteiger partial charge in [-0.3, -0.25) is 9.48 Å². The molecule has 1 amide bonds. The van der Waals surface area contributed by atoms with Crippen molar-refractivity contribution in [3.8, 4) is 16.9 Å². The first-order valence-corrected chi connectivity index (χ1v) is 11.9. The first-order valence-electron chi connectivity index (χ1n) is 11.1. The van der Waals surface area contributed by atoms with Crippen molar-refractivity contribution in [2.45, 2.75) is 20.0 Å². The van der Waals surface area contributed by atoms with Gasteiger partial charge in [0.25, 0.3) is 0 Å². The van der Waals surface area contributed by atoms with Crippen LogP contribution < -0.4 is 10.1 Å². The van der Waals surface area contributed by atoms with E-state index in [1.165, 1.54) is 0 Å². The average Bonchev–Trinajstić information content (AvgIpc) is 3.44. The molecule has 0 unspecified atom stereocenters. The number of amides is 1. The van der Waals surface area contributed by atoms with Crippen molar-refractivity contribution in [3.05, 3.63) is 88.3 Å². The molecule has 0 bridgehead atoms. The van der Waals surface area contributed by atoms with E-state index in [9.17, 15) is 4.79 Å². The molecule has 1 N–H and O–H groups in total. The number of carbonyl (C=O) groups is 1. The van der Waals surface area contributed by atoms with Crippen molar-refractivity contribution in [2.24, 2.45) is 0 Å². The van der Waals surface area contributed by atoms with E-state index in [1.807, 2.05) is 43.3 Å². The first-order chi connectivity index (χ1) is 17.4. The van der Waals surface area contributed by atoms with Gasteiger partial charge in [0, 0.05) is 23.8 Å². The minimum atomic E-state index is -0.254. The first kappa shape index (κ1) is 23.8. The Morgan fingerprint density at radius 2 is 1.83 bits per heavy atom. The maximum Gasteiger partial charge on any atom is 0.247 e. The number of fused-ring (bicyclic) bond motifs is 1. The van der Waals surface area contributed by atoms with E-state index < -0.39 is 0 Å². The van der Waals surface area contributed by atoms with Gasteiger partial charge in [-0.15, -0.1) is 0 Å². The highest BCUT2D eigenvalue weighted by molar-refractivity contribution is 6.42. The van der Waals surface area contributed by atoms with Gasteiger partial charge in [0.2, 0.25) is 5.91 Å². The lowest BCUT2D eigenvalue weighted by molar-refractivity contribution is -0.116. The number of hydrogen-bond donors (Lipinski definition) is 1. The second-order valence-corrected chi connectivity index (χ2v) is 9.04. The molecule has 0 aliphatic rings. The van der Waals surface area contributed by atoms with Gasteiger partial charge in [0.15, 0.2) is 11.5 Å². The molecule has 0 saturated heterocycles. The van der Waals surface area contributed by atoms with Crippen molar-refractivity contribution >= 4 is 46.0 Å². The maximum atomic E-state index is 12.8. The van der Waals surface area contributed by atoms with Gasteiger partial charge in [-0.1, -0.05) is 41.4 Å². The average molecular weight is 521 g/mol. The van der Waals surface area contributed by atoms with E-state index in [1.54, 1.807) is 47.1 Å². The molecule has 5 aromatic rings. The second-order valence-electron chi connectivity index (χ2n) is 8.22. The summed E-state index contributed by atoms with van der Waals surface area (Å²) >= 11 is 12.1. The van der Waals surface area contributed by atoms with E-state index in [4.69, 9.17) is 27.9 Å². The number of rotatable bonds is 7. The van der Waals surface area contributed by atoms with Crippen LogP contribution in [0.25, 0.3) is 22.2 Å². The zero-order valence-electron chi connectivity index (χ0n) is 19.6. The van der Waals surface area contributed by atoms with Crippen molar-refractivity contribution in [1.29, 1.82) is 0 Å². The molecule has 8 nitrogen and oxygen atoms in total. The molecule has 182 valence electrons. The summed E-state index contributed by atoms with van der Waals surface area (Å²) in [4.78, 5) is 17.3. The number of nitrogens with zero attached hydrogens (tertiary/aromatic N) is 5. The monoisotopic (exact) mass is 520 g/mol. The van der Waals surface area contributed by atoms with E-state index >= 15 is 0 Å². The topological polar surface area (TPSA) is 86.9 Å². The Morgan fingerprint density at radius 3 is 2.58 bits per heavy atom. The molecule has 0 fully saturated rings. The summed E-state index contributed by atoms with van der Waals surface area (Å²) in [5, 5.41) is 13.7. The number of aryl methyl sites for hydroxylation is 1. The summed E-state index contributed by atoms with van der Waals surface area (Å²) < 4.78 is 8.59. The van der Waals surface area contributed by atoms with Gasteiger partial charge in [-0.05, 0) is 53.9 Å². The minimum absolute atomic E-state index is 0.00303. The molecule has 0 aliphatic carbocycles. The number of nitrogens with one attached hydrogen (secondary N) is 1. The van der Waals surface area contributed by atoms with Crippen LogP contribution in [-0.2, 0) is 17.9 Å². The van der Waals surface area contributed by atoms with Crippen molar-refractivity contribution in [1.82, 2.24) is 24.5 Å². The maximum absolute atomic E-state index is 12.8. The molecule has 0 aliphatic heterocycles. The van der Waals surface area contributed by atoms with Crippen LogP contribution in [0.5, 0.6) is 5.75 Å². The summed E-state index contributed by atoms with van der Waals surface area (Å²) in [6, 6.07) is 16.9. The number of aromatic nitrogens is 5. The third-order valence-electron chi connectivity index (χ3n) is 5.74. The van der Waals surface area contributed by atoms with Crippen molar-refractivity contribution in [3.63, 3.8) is 0 Å². The number of hydrogen-bond acceptors (Lipinski definition) is 5.